The van der Waals surface area contributed by atoms with Crippen LogP contribution in [0.4, 0.5) is 14.5 Å². The molecule has 5 heteroatoms. The topological polar surface area (TPSA) is 38.3 Å². The van der Waals surface area contributed by atoms with Crippen LogP contribution in [0.3, 0.4) is 0 Å². The Morgan fingerprint density at radius 1 is 0.966 bits per heavy atom. The number of rotatable bonds is 3. The van der Waals surface area contributed by atoms with Gasteiger partial charge < -0.3 is 10.1 Å². The van der Waals surface area contributed by atoms with E-state index in [0.717, 1.165) is 35.4 Å². The fraction of sp³-hybridized carbons (Fsp3) is 0.208. The van der Waals surface area contributed by atoms with Gasteiger partial charge in [-0.2, -0.15) is 0 Å². The zero-order chi connectivity index (χ0) is 20.6. The number of hydrogen-bond acceptors (Lipinski definition) is 2. The van der Waals surface area contributed by atoms with Crippen molar-refractivity contribution in [1.29, 1.82) is 0 Å². The first-order chi connectivity index (χ1) is 13.8. The van der Waals surface area contributed by atoms with Gasteiger partial charge in [0.15, 0.2) is 0 Å². The number of para-hydroxylation sites is 1. The number of nitrogens with one attached hydrogen (secondary N) is 1. The quantitative estimate of drug-likeness (QED) is 0.601. The minimum Gasteiger partial charge on any atom is -0.488 e. The summed E-state index contributed by atoms with van der Waals surface area (Å²) in [7, 11) is 0. The molecule has 0 radical (unpaired) electrons. The number of ether oxygens (including phenoxy) is 1. The molecule has 0 aromatic heterocycles. The Hall–Kier alpha value is -3.21. The van der Waals surface area contributed by atoms with E-state index in [1.807, 2.05) is 30.3 Å². The summed E-state index contributed by atoms with van der Waals surface area (Å²) in [6, 6.07) is 18.7. The van der Waals surface area contributed by atoms with Crippen LogP contribution in [0.1, 0.15) is 47.7 Å². The number of amides is 1. The normalized spacial score (nSPS) is 17.2. The number of halogens is 2. The van der Waals surface area contributed by atoms with E-state index in [1.54, 1.807) is 12.1 Å². The van der Waals surface area contributed by atoms with Crippen molar-refractivity contribution in [2.24, 2.45) is 0 Å². The molecule has 148 valence electrons. The van der Waals surface area contributed by atoms with Gasteiger partial charge in [-0.3, -0.25) is 4.79 Å². The van der Waals surface area contributed by atoms with Gasteiger partial charge in [-0.25, -0.2) is 8.78 Å². The Kier molecular flexibility index (Phi) is 4.82. The summed E-state index contributed by atoms with van der Waals surface area (Å²) in [6.45, 7) is 4.13. The lowest BCUT2D eigenvalue weighted by Gasteiger charge is -2.38. The molecule has 0 aliphatic carbocycles. The molecule has 1 atom stereocenters. The Bertz CT molecular complexity index is 1040. The third kappa shape index (κ3) is 3.86. The molecule has 1 amide bonds. The van der Waals surface area contributed by atoms with E-state index in [4.69, 9.17) is 4.74 Å². The Morgan fingerprint density at radius 2 is 1.62 bits per heavy atom. The number of hydrogen-bond donors (Lipinski definition) is 1. The average Bonchev–Trinajstić information content (AvgIpc) is 2.67. The van der Waals surface area contributed by atoms with Crippen molar-refractivity contribution in [2.45, 2.75) is 31.8 Å². The molecule has 4 rings (SSSR count). The highest BCUT2D eigenvalue weighted by Crippen LogP contribution is 2.44. The van der Waals surface area contributed by atoms with E-state index in [9.17, 15) is 13.6 Å². The van der Waals surface area contributed by atoms with E-state index >= 15 is 0 Å². The predicted molar refractivity (Wildman–Crippen MR) is 108 cm³/mol. The number of benzene rings is 3. The Balaban J connectivity index is 1.58. The van der Waals surface area contributed by atoms with Crippen LogP contribution in [-0.4, -0.2) is 11.5 Å². The fourth-order valence-electron chi connectivity index (χ4n) is 3.81. The van der Waals surface area contributed by atoms with Crippen molar-refractivity contribution >= 4 is 11.6 Å². The lowest BCUT2D eigenvalue weighted by Crippen LogP contribution is -2.35. The maximum atomic E-state index is 13.8. The summed E-state index contributed by atoms with van der Waals surface area (Å²) in [4.78, 5) is 12.3. The SMILES string of the molecule is CC1(C)CC(c2ccc(NC(=O)c3c(F)cccc3F)cc2)c2ccccc2O1. The third-order valence-corrected chi connectivity index (χ3v) is 5.14. The van der Waals surface area contributed by atoms with Crippen LogP contribution in [-0.2, 0) is 0 Å². The number of fused-ring (bicyclic) bond motifs is 1. The zero-order valence-corrected chi connectivity index (χ0v) is 16.2. The minimum absolute atomic E-state index is 0.156. The van der Waals surface area contributed by atoms with E-state index < -0.39 is 23.1 Å². The van der Waals surface area contributed by atoms with Crippen molar-refractivity contribution in [1.82, 2.24) is 0 Å². The lowest BCUT2D eigenvalue weighted by atomic mass is 9.80. The van der Waals surface area contributed by atoms with Gasteiger partial charge in [-0.1, -0.05) is 36.4 Å². The molecule has 1 N–H and O–H groups in total. The van der Waals surface area contributed by atoms with Gasteiger partial charge in [-0.15, -0.1) is 0 Å². The fourth-order valence-corrected chi connectivity index (χ4v) is 3.81. The molecular formula is C24H21F2NO2. The first-order valence-electron chi connectivity index (χ1n) is 9.47. The largest absolute Gasteiger partial charge is 0.488 e. The second-order valence-electron chi connectivity index (χ2n) is 7.83. The molecule has 0 bridgehead atoms. The minimum atomic E-state index is -0.889. The van der Waals surface area contributed by atoms with Gasteiger partial charge in [0.1, 0.15) is 28.5 Å². The average molecular weight is 393 g/mol. The maximum absolute atomic E-state index is 13.8. The summed E-state index contributed by atoms with van der Waals surface area (Å²) in [6.07, 6.45) is 0.816. The first kappa shape index (κ1) is 19.1. The van der Waals surface area contributed by atoms with Gasteiger partial charge in [0.25, 0.3) is 5.91 Å². The molecule has 3 aromatic rings. The van der Waals surface area contributed by atoms with Crippen LogP contribution in [0.25, 0.3) is 0 Å². The van der Waals surface area contributed by atoms with Crippen LogP contribution < -0.4 is 10.1 Å². The maximum Gasteiger partial charge on any atom is 0.261 e. The highest BCUT2D eigenvalue weighted by atomic mass is 19.1. The highest BCUT2D eigenvalue weighted by Gasteiger charge is 2.34. The monoisotopic (exact) mass is 393 g/mol. The van der Waals surface area contributed by atoms with Crippen LogP contribution in [0, 0.1) is 11.6 Å². The molecule has 0 saturated heterocycles. The lowest BCUT2D eigenvalue weighted by molar-refractivity contribution is 0.0774. The van der Waals surface area contributed by atoms with Gasteiger partial charge in [0, 0.05) is 17.2 Å². The van der Waals surface area contributed by atoms with E-state index in [0.29, 0.717) is 5.69 Å². The molecule has 29 heavy (non-hydrogen) atoms. The van der Waals surface area contributed by atoms with Crippen LogP contribution in [0.5, 0.6) is 5.75 Å². The molecule has 3 nitrogen and oxygen atoms in total. The summed E-state index contributed by atoms with van der Waals surface area (Å²) in [5.74, 6) is -1.56. The smallest absolute Gasteiger partial charge is 0.261 e. The van der Waals surface area contributed by atoms with Crippen LogP contribution in [0.2, 0.25) is 0 Å². The summed E-state index contributed by atoms with van der Waals surface area (Å²) >= 11 is 0. The van der Waals surface area contributed by atoms with Gasteiger partial charge >= 0.3 is 0 Å². The van der Waals surface area contributed by atoms with Gasteiger partial charge in [-0.05, 0) is 56.2 Å². The third-order valence-electron chi connectivity index (χ3n) is 5.14. The van der Waals surface area contributed by atoms with Crippen LogP contribution in [0.15, 0.2) is 66.7 Å². The second-order valence-corrected chi connectivity index (χ2v) is 7.83. The molecule has 1 aliphatic heterocycles. The second kappa shape index (κ2) is 7.32. The van der Waals surface area contributed by atoms with Crippen molar-refractivity contribution in [3.8, 4) is 5.75 Å². The molecule has 1 heterocycles. The molecule has 0 saturated carbocycles. The zero-order valence-electron chi connectivity index (χ0n) is 16.2. The highest BCUT2D eigenvalue weighted by molar-refractivity contribution is 6.04. The van der Waals surface area contributed by atoms with Crippen molar-refractivity contribution < 1.29 is 18.3 Å². The van der Waals surface area contributed by atoms with Crippen molar-refractivity contribution in [3.63, 3.8) is 0 Å². The van der Waals surface area contributed by atoms with Gasteiger partial charge in [0.2, 0.25) is 0 Å². The Labute approximate surface area is 168 Å². The number of anilines is 1. The predicted octanol–water partition coefficient (Wildman–Crippen LogP) is 5.91. The number of carbonyl (C=O) groups is 1. The number of carbonyl (C=O) groups excluding carboxylic acids is 1. The Morgan fingerprint density at radius 3 is 2.31 bits per heavy atom. The van der Waals surface area contributed by atoms with Gasteiger partial charge in [0.05, 0.1) is 0 Å². The summed E-state index contributed by atoms with van der Waals surface area (Å²) in [5, 5.41) is 2.56. The summed E-state index contributed by atoms with van der Waals surface area (Å²) in [5.41, 5.74) is 1.80. The van der Waals surface area contributed by atoms with E-state index in [2.05, 4.69) is 25.2 Å². The molecule has 1 aliphatic rings. The van der Waals surface area contributed by atoms with E-state index in [-0.39, 0.29) is 11.5 Å². The molecule has 0 fully saturated rings. The van der Waals surface area contributed by atoms with Crippen molar-refractivity contribution in [3.05, 3.63) is 95.1 Å². The summed E-state index contributed by atoms with van der Waals surface area (Å²) < 4.78 is 33.7. The standard InChI is InChI=1S/C24H21F2NO2/c1-24(2)14-18(17-6-3-4-9-21(17)29-24)15-10-12-16(13-11-15)27-23(28)22-19(25)7-5-8-20(22)26/h3-13,18H,14H2,1-2H3,(H,27,28). The molecule has 3 aromatic carbocycles. The van der Waals surface area contributed by atoms with E-state index in [1.165, 1.54) is 6.07 Å². The molecule has 0 spiro atoms. The first-order valence-corrected chi connectivity index (χ1v) is 9.47. The molecule has 1 unspecified atom stereocenters. The van der Waals surface area contributed by atoms with Crippen molar-refractivity contribution in [2.75, 3.05) is 5.32 Å². The molecular weight excluding hydrogens is 372 g/mol. The van der Waals surface area contributed by atoms with Crippen LogP contribution >= 0.6 is 0 Å².